The fraction of sp³-hybridized carbons (Fsp3) is 0.154. The van der Waals surface area contributed by atoms with Gasteiger partial charge in [-0.1, -0.05) is 6.07 Å². The van der Waals surface area contributed by atoms with Gasteiger partial charge < -0.3 is 10.5 Å². The van der Waals surface area contributed by atoms with Crippen molar-refractivity contribution in [1.82, 2.24) is 4.98 Å². The quantitative estimate of drug-likeness (QED) is 0.883. The van der Waals surface area contributed by atoms with Crippen LogP contribution in [-0.2, 0) is 6.61 Å². The van der Waals surface area contributed by atoms with Gasteiger partial charge in [-0.2, -0.15) is 0 Å². The van der Waals surface area contributed by atoms with Crippen LogP contribution in [0.2, 0.25) is 0 Å². The van der Waals surface area contributed by atoms with Gasteiger partial charge in [-0.15, -0.1) is 0 Å². The molecule has 2 rings (SSSR count). The summed E-state index contributed by atoms with van der Waals surface area (Å²) in [5.41, 5.74) is 7.81. The Balaban J connectivity index is 2.13. The van der Waals surface area contributed by atoms with Crippen LogP contribution < -0.4 is 10.5 Å². The number of aryl methyl sites for hydroxylation is 1. The Bertz CT molecular complexity index is 575. The molecule has 0 aliphatic heterocycles. The number of benzene rings is 1. The van der Waals surface area contributed by atoms with Crippen LogP contribution in [0.5, 0.6) is 5.75 Å². The maximum atomic E-state index is 13.4. The van der Waals surface area contributed by atoms with Crippen molar-refractivity contribution in [1.29, 1.82) is 0 Å². The van der Waals surface area contributed by atoms with Crippen LogP contribution in [0.25, 0.3) is 0 Å². The van der Waals surface area contributed by atoms with Crippen LogP contribution in [0.15, 0.2) is 34.8 Å². The largest absolute Gasteiger partial charge is 0.485 e. The predicted molar refractivity (Wildman–Crippen MR) is 71.8 cm³/mol. The summed E-state index contributed by atoms with van der Waals surface area (Å²) in [6.07, 6.45) is 0. The second kappa shape index (κ2) is 5.35. The highest BCUT2D eigenvalue weighted by Crippen LogP contribution is 2.28. The summed E-state index contributed by atoms with van der Waals surface area (Å²) in [5, 5.41) is 0. The lowest BCUT2D eigenvalue weighted by Crippen LogP contribution is -2.02. The third-order valence-electron chi connectivity index (χ3n) is 2.37. The summed E-state index contributed by atoms with van der Waals surface area (Å²) in [4.78, 5) is 4.29. The molecule has 5 heteroatoms. The van der Waals surface area contributed by atoms with E-state index in [-0.39, 0.29) is 6.61 Å². The van der Waals surface area contributed by atoms with Gasteiger partial charge in [0.25, 0.3) is 0 Å². The van der Waals surface area contributed by atoms with Gasteiger partial charge in [0, 0.05) is 11.8 Å². The molecule has 0 amide bonds. The van der Waals surface area contributed by atoms with E-state index in [1.54, 1.807) is 0 Å². The Morgan fingerprint density at radius 3 is 2.89 bits per heavy atom. The average Bonchev–Trinajstić information content (AvgIpc) is 2.32. The molecule has 3 nitrogen and oxygen atoms in total. The van der Waals surface area contributed by atoms with E-state index in [4.69, 9.17) is 10.5 Å². The zero-order chi connectivity index (χ0) is 13.1. The lowest BCUT2D eigenvalue weighted by atomic mass is 10.3. The molecule has 0 bridgehead atoms. The van der Waals surface area contributed by atoms with E-state index in [0.717, 1.165) is 11.4 Å². The van der Waals surface area contributed by atoms with Gasteiger partial charge in [-0.25, -0.2) is 4.39 Å². The number of nitrogens with zero attached hydrogens (tertiary/aromatic N) is 1. The number of nitrogen functional groups attached to an aromatic ring is 1. The Morgan fingerprint density at radius 2 is 2.17 bits per heavy atom. The fourth-order valence-electron chi connectivity index (χ4n) is 1.50. The first-order valence-electron chi connectivity index (χ1n) is 5.36. The first kappa shape index (κ1) is 12.8. The second-order valence-corrected chi connectivity index (χ2v) is 4.72. The highest BCUT2D eigenvalue weighted by atomic mass is 79.9. The summed E-state index contributed by atoms with van der Waals surface area (Å²) in [5.74, 6) is -0.0876. The van der Waals surface area contributed by atoms with E-state index < -0.39 is 5.82 Å². The Morgan fingerprint density at radius 1 is 1.39 bits per heavy atom. The number of halogens is 2. The molecule has 0 spiro atoms. The third kappa shape index (κ3) is 2.98. The molecule has 0 unspecified atom stereocenters. The van der Waals surface area contributed by atoms with Crippen molar-refractivity contribution in [3.05, 3.63) is 52.0 Å². The standard InChI is InChI=1S/C13H12BrFN2O/c1-8-3-2-4-9(17-8)7-18-13-6-11(15)10(14)5-12(13)16/h2-6H,7,16H2,1H3. The zero-order valence-electron chi connectivity index (χ0n) is 9.78. The van der Waals surface area contributed by atoms with Crippen molar-refractivity contribution < 1.29 is 9.13 Å². The van der Waals surface area contributed by atoms with Crippen molar-refractivity contribution >= 4 is 21.6 Å². The molecule has 0 atom stereocenters. The molecule has 2 aromatic rings. The SMILES string of the molecule is Cc1cccc(COc2cc(F)c(Br)cc2N)n1. The molecular weight excluding hydrogens is 299 g/mol. The van der Waals surface area contributed by atoms with Crippen molar-refractivity contribution in [3.8, 4) is 5.75 Å². The summed E-state index contributed by atoms with van der Waals surface area (Å²) in [6, 6.07) is 8.38. The summed E-state index contributed by atoms with van der Waals surface area (Å²) < 4.78 is 19.1. The van der Waals surface area contributed by atoms with Crippen molar-refractivity contribution in [3.63, 3.8) is 0 Å². The molecule has 0 saturated heterocycles. The summed E-state index contributed by atoms with van der Waals surface area (Å²) in [6.45, 7) is 2.16. The fourth-order valence-corrected chi connectivity index (χ4v) is 1.86. The molecule has 1 aromatic heterocycles. The number of nitrogens with two attached hydrogens (primary N) is 1. The normalized spacial score (nSPS) is 10.4. The van der Waals surface area contributed by atoms with E-state index >= 15 is 0 Å². The Labute approximate surface area is 113 Å². The zero-order valence-corrected chi connectivity index (χ0v) is 11.4. The molecule has 0 aliphatic rings. The van der Waals surface area contributed by atoms with Gasteiger partial charge in [0.05, 0.1) is 15.9 Å². The molecule has 0 fully saturated rings. The monoisotopic (exact) mass is 310 g/mol. The number of ether oxygens (including phenoxy) is 1. The van der Waals surface area contributed by atoms with Gasteiger partial charge in [0.2, 0.25) is 0 Å². The van der Waals surface area contributed by atoms with Gasteiger partial charge >= 0.3 is 0 Å². The van der Waals surface area contributed by atoms with Gasteiger partial charge in [-0.05, 0) is 41.1 Å². The summed E-state index contributed by atoms with van der Waals surface area (Å²) >= 11 is 3.06. The first-order valence-corrected chi connectivity index (χ1v) is 6.15. The Hall–Kier alpha value is -1.62. The minimum absolute atomic E-state index is 0.257. The molecule has 1 heterocycles. The van der Waals surface area contributed by atoms with Gasteiger partial charge in [0.1, 0.15) is 18.2 Å². The molecule has 2 N–H and O–H groups in total. The second-order valence-electron chi connectivity index (χ2n) is 3.86. The average molecular weight is 311 g/mol. The molecule has 94 valence electrons. The number of anilines is 1. The Kier molecular flexibility index (Phi) is 3.81. The highest BCUT2D eigenvalue weighted by Gasteiger charge is 2.07. The van der Waals surface area contributed by atoms with Crippen LogP contribution >= 0.6 is 15.9 Å². The van der Waals surface area contributed by atoms with Gasteiger partial charge in [-0.3, -0.25) is 4.98 Å². The number of aromatic nitrogens is 1. The van der Waals surface area contributed by atoms with E-state index in [0.29, 0.717) is 15.9 Å². The van der Waals surface area contributed by atoms with Crippen LogP contribution in [0.1, 0.15) is 11.4 Å². The van der Waals surface area contributed by atoms with E-state index in [1.807, 2.05) is 25.1 Å². The van der Waals surface area contributed by atoms with E-state index in [9.17, 15) is 4.39 Å². The maximum Gasteiger partial charge on any atom is 0.145 e. The number of pyridine rings is 1. The van der Waals surface area contributed by atoms with E-state index in [2.05, 4.69) is 20.9 Å². The minimum Gasteiger partial charge on any atom is -0.485 e. The molecule has 0 aliphatic carbocycles. The van der Waals surface area contributed by atoms with Crippen molar-refractivity contribution in [2.24, 2.45) is 0 Å². The topological polar surface area (TPSA) is 48.1 Å². The van der Waals surface area contributed by atoms with Gasteiger partial charge in [0.15, 0.2) is 0 Å². The number of hydrogen-bond acceptors (Lipinski definition) is 3. The summed E-state index contributed by atoms with van der Waals surface area (Å²) in [7, 11) is 0. The predicted octanol–water partition coefficient (Wildman–Crippen LogP) is 3.45. The van der Waals surface area contributed by atoms with Crippen LogP contribution in [-0.4, -0.2) is 4.98 Å². The van der Waals surface area contributed by atoms with Crippen molar-refractivity contribution in [2.75, 3.05) is 5.73 Å². The smallest absolute Gasteiger partial charge is 0.145 e. The minimum atomic E-state index is -0.406. The maximum absolute atomic E-state index is 13.4. The molecule has 0 radical (unpaired) electrons. The van der Waals surface area contributed by atoms with Crippen LogP contribution in [0.4, 0.5) is 10.1 Å². The van der Waals surface area contributed by atoms with Crippen LogP contribution in [0, 0.1) is 12.7 Å². The first-order chi connectivity index (χ1) is 8.56. The molecule has 1 aromatic carbocycles. The molecule has 0 saturated carbocycles. The molecule has 18 heavy (non-hydrogen) atoms. The third-order valence-corrected chi connectivity index (χ3v) is 2.98. The number of rotatable bonds is 3. The molecular formula is C13H12BrFN2O. The van der Waals surface area contributed by atoms with Crippen LogP contribution in [0.3, 0.4) is 0 Å². The van der Waals surface area contributed by atoms with Crippen molar-refractivity contribution in [2.45, 2.75) is 13.5 Å². The highest BCUT2D eigenvalue weighted by molar-refractivity contribution is 9.10. The van der Waals surface area contributed by atoms with E-state index in [1.165, 1.54) is 12.1 Å². The lowest BCUT2D eigenvalue weighted by Gasteiger charge is -2.09. The lowest BCUT2D eigenvalue weighted by molar-refractivity contribution is 0.301. The number of hydrogen-bond donors (Lipinski definition) is 1.